The van der Waals surface area contributed by atoms with Crippen LogP contribution in [0.2, 0.25) is 0 Å². The number of likely N-dealkylation sites (tertiary alicyclic amines) is 2. The molecule has 2 aliphatic rings. The Morgan fingerprint density at radius 2 is 0.929 bits per heavy atom. The molecule has 2 aliphatic heterocycles. The topological polar surface area (TPSA) is 127 Å². The molecule has 0 aromatic heterocycles. The summed E-state index contributed by atoms with van der Waals surface area (Å²) in [5.41, 5.74) is 11.7. The van der Waals surface area contributed by atoms with Crippen LogP contribution in [0, 0.1) is 11.8 Å². The molecule has 0 aliphatic carbocycles. The summed E-state index contributed by atoms with van der Waals surface area (Å²) in [6.07, 6.45) is 2.33. The first kappa shape index (κ1) is 19.9. The van der Waals surface area contributed by atoms with Gasteiger partial charge in [0.05, 0.1) is 0 Å². The third kappa shape index (κ3) is 4.32. The number of rotatable bonds is 4. The average Bonchev–Trinajstić information content (AvgIpc) is 2.73. The molecule has 1 aromatic rings. The molecule has 1 aromatic carbocycles. The number of nitrogens with two attached hydrogens (primary N) is 2. The fourth-order valence-corrected chi connectivity index (χ4v) is 3.85. The number of nitrogens with zero attached hydrogens (tertiary/aromatic N) is 2. The van der Waals surface area contributed by atoms with Crippen molar-refractivity contribution in [3.05, 3.63) is 35.4 Å². The summed E-state index contributed by atoms with van der Waals surface area (Å²) in [6.45, 7) is 2.01. The molecule has 0 atom stereocenters. The van der Waals surface area contributed by atoms with E-state index in [1.807, 2.05) is 0 Å². The van der Waals surface area contributed by atoms with Gasteiger partial charge < -0.3 is 21.3 Å². The van der Waals surface area contributed by atoms with E-state index in [1.54, 1.807) is 34.1 Å². The van der Waals surface area contributed by atoms with Crippen molar-refractivity contribution in [3.63, 3.8) is 0 Å². The highest BCUT2D eigenvalue weighted by molar-refractivity contribution is 5.98. The summed E-state index contributed by atoms with van der Waals surface area (Å²) in [5, 5.41) is 0. The lowest BCUT2D eigenvalue weighted by Gasteiger charge is -2.31. The van der Waals surface area contributed by atoms with Gasteiger partial charge in [0, 0.05) is 49.1 Å². The lowest BCUT2D eigenvalue weighted by atomic mass is 9.95. The number of amides is 4. The van der Waals surface area contributed by atoms with Crippen LogP contribution in [0.4, 0.5) is 0 Å². The maximum Gasteiger partial charge on any atom is 0.253 e. The molecule has 2 fully saturated rings. The zero-order valence-electron chi connectivity index (χ0n) is 15.8. The number of piperidine rings is 2. The first-order valence-electron chi connectivity index (χ1n) is 9.64. The van der Waals surface area contributed by atoms with Crippen molar-refractivity contribution >= 4 is 23.6 Å². The second-order valence-corrected chi connectivity index (χ2v) is 7.52. The highest BCUT2D eigenvalue weighted by Crippen LogP contribution is 2.21. The Kier molecular flexibility index (Phi) is 5.96. The van der Waals surface area contributed by atoms with Crippen LogP contribution in [0.15, 0.2) is 24.3 Å². The highest BCUT2D eigenvalue weighted by Gasteiger charge is 2.28. The van der Waals surface area contributed by atoms with E-state index in [2.05, 4.69) is 0 Å². The molecule has 8 heteroatoms. The smallest absolute Gasteiger partial charge is 0.253 e. The predicted octanol–water partition coefficient (Wildman–Crippen LogP) is 0.362. The van der Waals surface area contributed by atoms with Crippen molar-refractivity contribution in [1.29, 1.82) is 0 Å². The SMILES string of the molecule is NC(=O)C1CCN(C(=O)c2ccc(C(=O)N3CCC(C(N)=O)CC3)cc2)CC1. The second kappa shape index (κ2) is 8.41. The Labute approximate surface area is 163 Å². The molecule has 8 nitrogen and oxygen atoms in total. The van der Waals surface area contributed by atoms with Gasteiger partial charge in [-0.15, -0.1) is 0 Å². The van der Waals surface area contributed by atoms with Gasteiger partial charge in [0.2, 0.25) is 11.8 Å². The van der Waals surface area contributed by atoms with E-state index in [0.717, 1.165) is 0 Å². The summed E-state index contributed by atoms with van der Waals surface area (Å²) >= 11 is 0. The van der Waals surface area contributed by atoms with Crippen LogP contribution in [0.3, 0.4) is 0 Å². The molecule has 0 bridgehead atoms. The summed E-state index contributed by atoms with van der Waals surface area (Å²) < 4.78 is 0. The van der Waals surface area contributed by atoms with E-state index in [-0.39, 0.29) is 35.5 Å². The first-order valence-corrected chi connectivity index (χ1v) is 9.64. The molecule has 4 amide bonds. The van der Waals surface area contributed by atoms with Crippen LogP contribution in [0.5, 0.6) is 0 Å². The van der Waals surface area contributed by atoms with Gasteiger partial charge in [-0.1, -0.05) is 0 Å². The van der Waals surface area contributed by atoms with Crippen LogP contribution in [-0.2, 0) is 9.59 Å². The molecule has 150 valence electrons. The van der Waals surface area contributed by atoms with Crippen LogP contribution < -0.4 is 11.5 Å². The summed E-state index contributed by atoms with van der Waals surface area (Å²) in [4.78, 5) is 51.2. The van der Waals surface area contributed by atoms with E-state index in [0.29, 0.717) is 63.0 Å². The molecular formula is C20H26N4O4. The summed E-state index contributed by atoms with van der Waals surface area (Å²) in [6, 6.07) is 6.63. The van der Waals surface area contributed by atoms with E-state index < -0.39 is 0 Å². The van der Waals surface area contributed by atoms with E-state index in [1.165, 1.54) is 0 Å². The van der Waals surface area contributed by atoms with Gasteiger partial charge in [-0.05, 0) is 49.9 Å². The van der Waals surface area contributed by atoms with Crippen molar-refractivity contribution in [3.8, 4) is 0 Å². The van der Waals surface area contributed by atoms with E-state index >= 15 is 0 Å². The van der Waals surface area contributed by atoms with Crippen molar-refractivity contribution in [2.24, 2.45) is 23.3 Å². The maximum atomic E-state index is 12.6. The highest BCUT2D eigenvalue weighted by atomic mass is 16.2. The first-order chi connectivity index (χ1) is 13.4. The number of hydrogen-bond acceptors (Lipinski definition) is 4. The molecule has 0 saturated carbocycles. The van der Waals surface area contributed by atoms with E-state index in [9.17, 15) is 19.2 Å². The molecule has 2 heterocycles. The number of carbonyl (C=O) groups is 4. The van der Waals surface area contributed by atoms with Gasteiger partial charge in [-0.25, -0.2) is 0 Å². The predicted molar refractivity (Wildman–Crippen MR) is 102 cm³/mol. The third-order valence-corrected chi connectivity index (χ3v) is 5.75. The lowest BCUT2D eigenvalue weighted by molar-refractivity contribution is -0.123. The summed E-state index contributed by atoms with van der Waals surface area (Å²) in [5.74, 6) is -1.16. The normalized spacial score (nSPS) is 18.7. The van der Waals surface area contributed by atoms with Gasteiger partial charge >= 0.3 is 0 Å². The van der Waals surface area contributed by atoms with Crippen LogP contribution in [0.1, 0.15) is 46.4 Å². The molecule has 0 radical (unpaired) electrons. The molecule has 0 spiro atoms. The Hall–Kier alpha value is -2.90. The van der Waals surface area contributed by atoms with E-state index in [4.69, 9.17) is 11.5 Å². The lowest BCUT2D eigenvalue weighted by Crippen LogP contribution is -2.42. The molecule has 3 rings (SSSR count). The minimum atomic E-state index is -0.310. The van der Waals surface area contributed by atoms with Crippen molar-refractivity contribution < 1.29 is 19.2 Å². The van der Waals surface area contributed by atoms with Crippen LogP contribution >= 0.6 is 0 Å². The van der Waals surface area contributed by atoms with Crippen LogP contribution in [0.25, 0.3) is 0 Å². The monoisotopic (exact) mass is 386 g/mol. The molecule has 0 unspecified atom stereocenters. The number of benzene rings is 1. The zero-order valence-corrected chi connectivity index (χ0v) is 15.8. The van der Waals surface area contributed by atoms with Gasteiger partial charge in [-0.3, -0.25) is 19.2 Å². The fourth-order valence-electron chi connectivity index (χ4n) is 3.85. The number of hydrogen-bond donors (Lipinski definition) is 2. The molecule has 2 saturated heterocycles. The fraction of sp³-hybridized carbons (Fsp3) is 0.500. The third-order valence-electron chi connectivity index (χ3n) is 5.75. The van der Waals surface area contributed by atoms with Crippen LogP contribution in [-0.4, -0.2) is 59.6 Å². The van der Waals surface area contributed by atoms with Crippen molar-refractivity contribution in [2.45, 2.75) is 25.7 Å². The van der Waals surface area contributed by atoms with Gasteiger partial charge in [0.15, 0.2) is 0 Å². The maximum absolute atomic E-state index is 12.6. The van der Waals surface area contributed by atoms with Gasteiger partial charge in [0.1, 0.15) is 0 Å². The average molecular weight is 386 g/mol. The minimum absolute atomic E-state index is 0.107. The zero-order chi connectivity index (χ0) is 20.3. The minimum Gasteiger partial charge on any atom is -0.369 e. The van der Waals surface area contributed by atoms with Gasteiger partial charge in [-0.2, -0.15) is 0 Å². The largest absolute Gasteiger partial charge is 0.369 e. The molecular weight excluding hydrogens is 360 g/mol. The Balaban J connectivity index is 1.57. The molecule has 28 heavy (non-hydrogen) atoms. The van der Waals surface area contributed by atoms with Crippen molar-refractivity contribution in [2.75, 3.05) is 26.2 Å². The number of carbonyl (C=O) groups excluding carboxylic acids is 4. The molecule has 4 N–H and O–H groups in total. The standard InChI is InChI=1S/C20H26N4O4/c21-17(25)13-5-9-23(10-6-13)19(27)15-1-2-16(4-3-15)20(28)24-11-7-14(8-12-24)18(22)26/h1-4,13-14H,5-12H2,(H2,21,25)(H2,22,26). The quantitative estimate of drug-likeness (QED) is 0.774. The Morgan fingerprint density at radius 1 is 0.643 bits per heavy atom. The van der Waals surface area contributed by atoms with Crippen molar-refractivity contribution in [1.82, 2.24) is 9.80 Å². The Bertz CT molecular complexity index is 696. The summed E-state index contributed by atoms with van der Waals surface area (Å²) in [7, 11) is 0. The second-order valence-electron chi connectivity index (χ2n) is 7.52. The Morgan fingerprint density at radius 3 is 1.18 bits per heavy atom. The number of primary amides is 2. The van der Waals surface area contributed by atoms with Gasteiger partial charge in [0.25, 0.3) is 11.8 Å².